The van der Waals surface area contributed by atoms with E-state index in [1.807, 2.05) is 47.4 Å². The first-order valence-electron chi connectivity index (χ1n) is 10.9. The van der Waals surface area contributed by atoms with Gasteiger partial charge in [-0.2, -0.15) is 0 Å². The first-order chi connectivity index (χ1) is 15.7. The fourth-order valence-electron chi connectivity index (χ4n) is 4.85. The average molecular weight is 415 g/mol. The average Bonchev–Trinajstić information content (AvgIpc) is 3.36. The molecule has 1 N–H and O–H groups in total. The second kappa shape index (κ2) is 7.24. The summed E-state index contributed by atoms with van der Waals surface area (Å²) in [6.45, 7) is 2.06. The lowest BCUT2D eigenvalue weighted by Gasteiger charge is -2.27. The molecule has 32 heavy (non-hydrogen) atoms. The molecule has 1 aliphatic rings. The smallest absolute Gasteiger partial charge is 0.259 e. The van der Waals surface area contributed by atoms with Crippen LogP contribution in [0.1, 0.15) is 33.1 Å². The van der Waals surface area contributed by atoms with Crippen LogP contribution in [0.25, 0.3) is 22.2 Å². The van der Waals surface area contributed by atoms with Gasteiger partial charge in [0.05, 0.1) is 11.7 Å². The quantitative estimate of drug-likeness (QED) is 0.343. The summed E-state index contributed by atoms with van der Waals surface area (Å²) < 4.78 is 0. The summed E-state index contributed by atoms with van der Waals surface area (Å²) in [6, 6.07) is 34.7. The molecule has 1 atom stereocenters. The van der Waals surface area contributed by atoms with Crippen LogP contribution in [0.2, 0.25) is 0 Å². The number of nitrogens with one attached hydrogen (secondary N) is 1. The molecule has 0 bridgehead atoms. The summed E-state index contributed by atoms with van der Waals surface area (Å²) >= 11 is 0. The Morgan fingerprint density at radius 2 is 1.44 bits per heavy atom. The third-order valence-corrected chi connectivity index (χ3v) is 6.36. The number of H-pyrrole nitrogens is 1. The minimum atomic E-state index is -0.215. The third kappa shape index (κ3) is 2.78. The van der Waals surface area contributed by atoms with Crippen LogP contribution in [0.5, 0.6) is 0 Å². The van der Waals surface area contributed by atoms with Gasteiger partial charge in [0.1, 0.15) is 0 Å². The maximum absolute atomic E-state index is 13.7. The maximum atomic E-state index is 13.7. The zero-order valence-corrected chi connectivity index (χ0v) is 17.7. The lowest BCUT2D eigenvalue weighted by molar-refractivity contribution is 0.0993. The van der Waals surface area contributed by atoms with Crippen molar-refractivity contribution < 1.29 is 4.79 Å². The molecule has 1 aliphatic heterocycles. The molecule has 154 valence electrons. The number of benzene rings is 4. The number of hydrogen-bond donors (Lipinski definition) is 1. The molecule has 3 nitrogen and oxygen atoms in total. The number of para-hydroxylation sites is 1. The SMILES string of the molecule is Cc1ccc(N2C(=O)c3ccccc3[C@H]2c2c(-c3ccccc3)[nH]c3ccccc23)cc1. The molecule has 3 heteroatoms. The maximum Gasteiger partial charge on any atom is 0.259 e. The Labute approximate surface area is 187 Å². The number of aromatic nitrogens is 1. The molecule has 0 aliphatic carbocycles. The van der Waals surface area contributed by atoms with Gasteiger partial charge in [-0.15, -0.1) is 0 Å². The number of carbonyl (C=O) groups excluding carboxylic acids is 1. The largest absolute Gasteiger partial charge is 0.354 e. The summed E-state index contributed by atoms with van der Waals surface area (Å²) in [5.41, 5.74) is 8.26. The highest BCUT2D eigenvalue weighted by molar-refractivity contribution is 6.13. The van der Waals surface area contributed by atoms with E-state index in [-0.39, 0.29) is 11.9 Å². The lowest BCUT2D eigenvalue weighted by atomic mass is 9.93. The molecule has 0 unspecified atom stereocenters. The van der Waals surface area contributed by atoms with Crippen molar-refractivity contribution in [3.05, 3.63) is 125 Å². The molecule has 1 aromatic heterocycles. The van der Waals surface area contributed by atoms with E-state index < -0.39 is 0 Å². The van der Waals surface area contributed by atoms with Crippen LogP contribution in [-0.2, 0) is 0 Å². The van der Waals surface area contributed by atoms with Gasteiger partial charge in [0.25, 0.3) is 5.91 Å². The highest BCUT2D eigenvalue weighted by Gasteiger charge is 2.40. The van der Waals surface area contributed by atoms with E-state index >= 15 is 0 Å². The van der Waals surface area contributed by atoms with E-state index in [0.29, 0.717) is 0 Å². The second-order valence-corrected chi connectivity index (χ2v) is 8.33. The number of aryl methyl sites for hydroxylation is 1. The van der Waals surface area contributed by atoms with Crippen molar-refractivity contribution in [1.82, 2.24) is 4.98 Å². The summed E-state index contributed by atoms with van der Waals surface area (Å²) in [4.78, 5) is 19.3. The topological polar surface area (TPSA) is 36.1 Å². The third-order valence-electron chi connectivity index (χ3n) is 6.36. The number of anilines is 1. The Bertz CT molecular complexity index is 1450. The minimum absolute atomic E-state index is 0.0405. The van der Waals surface area contributed by atoms with Gasteiger partial charge in [-0.1, -0.05) is 84.4 Å². The van der Waals surface area contributed by atoms with Gasteiger partial charge in [-0.3, -0.25) is 9.69 Å². The zero-order chi connectivity index (χ0) is 21.7. The zero-order valence-electron chi connectivity index (χ0n) is 17.7. The van der Waals surface area contributed by atoms with E-state index in [1.165, 1.54) is 5.56 Å². The van der Waals surface area contributed by atoms with Gasteiger partial charge in [-0.05, 0) is 42.3 Å². The van der Waals surface area contributed by atoms with Crippen molar-refractivity contribution >= 4 is 22.5 Å². The Balaban J connectivity index is 1.67. The number of fused-ring (bicyclic) bond motifs is 2. The standard InChI is InChI=1S/C29H22N2O/c1-19-15-17-21(18-16-19)31-28(22-11-5-6-12-23(22)29(31)32)26-24-13-7-8-14-25(24)30-27(26)20-9-3-2-4-10-20/h2-18,28,30H,1H3/t28-/m0/s1. The van der Waals surface area contributed by atoms with Crippen LogP contribution >= 0.6 is 0 Å². The van der Waals surface area contributed by atoms with E-state index in [9.17, 15) is 4.79 Å². The Hall–Kier alpha value is -4.11. The monoisotopic (exact) mass is 414 g/mol. The number of nitrogens with zero attached hydrogens (tertiary/aromatic N) is 1. The number of amides is 1. The van der Waals surface area contributed by atoms with Crippen molar-refractivity contribution in [2.75, 3.05) is 4.90 Å². The predicted molar refractivity (Wildman–Crippen MR) is 130 cm³/mol. The number of hydrogen-bond acceptors (Lipinski definition) is 1. The van der Waals surface area contributed by atoms with Crippen LogP contribution in [0.15, 0.2) is 103 Å². The number of aromatic amines is 1. The molecule has 0 saturated carbocycles. The highest BCUT2D eigenvalue weighted by Crippen LogP contribution is 2.47. The molecule has 6 rings (SSSR count). The Morgan fingerprint density at radius 3 is 2.25 bits per heavy atom. The first kappa shape index (κ1) is 18.6. The van der Waals surface area contributed by atoms with Gasteiger partial charge < -0.3 is 4.98 Å². The molecule has 0 saturated heterocycles. The molecule has 0 spiro atoms. The summed E-state index contributed by atoms with van der Waals surface area (Å²) in [5.74, 6) is 0.0405. The van der Waals surface area contributed by atoms with Crippen molar-refractivity contribution in [2.24, 2.45) is 0 Å². The predicted octanol–water partition coefficient (Wildman–Crippen LogP) is 6.89. The van der Waals surface area contributed by atoms with Crippen molar-refractivity contribution in [2.45, 2.75) is 13.0 Å². The van der Waals surface area contributed by atoms with Crippen molar-refractivity contribution in [3.8, 4) is 11.3 Å². The molecule has 5 aromatic rings. The van der Waals surface area contributed by atoms with E-state index in [1.54, 1.807) is 0 Å². The normalized spacial score (nSPS) is 15.3. The van der Waals surface area contributed by atoms with Crippen LogP contribution in [0.3, 0.4) is 0 Å². The van der Waals surface area contributed by atoms with Crippen LogP contribution in [-0.4, -0.2) is 10.9 Å². The van der Waals surface area contributed by atoms with Crippen LogP contribution < -0.4 is 4.90 Å². The lowest BCUT2D eigenvalue weighted by Crippen LogP contribution is -2.28. The van der Waals surface area contributed by atoms with Gasteiger partial charge in [0, 0.05) is 27.7 Å². The summed E-state index contributed by atoms with van der Waals surface area (Å²) in [5, 5.41) is 1.14. The molecule has 4 aromatic carbocycles. The Kier molecular flexibility index (Phi) is 4.22. The molecular formula is C29H22N2O. The fourth-order valence-corrected chi connectivity index (χ4v) is 4.85. The summed E-state index contributed by atoms with van der Waals surface area (Å²) in [6.07, 6.45) is 0. The molecule has 0 fully saturated rings. The first-order valence-corrected chi connectivity index (χ1v) is 10.9. The van der Waals surface area contributed by atoms with Gasteiger partial charge in [0.2, 0.25) is 0 Å². The second-order valence-electron chi connectivity index (χ2n) is 8.33. The highest BCUT2D eigenvalue weighted by atomic mass is 16.2. The van der Waals surface area contributed by atoms with Crippen LogP contribution in [0, 0.1) is 6.92 Å². The number of rotatable bonds is 3. The Morgan fingerprint density at radius 1 is 0.750 bits per heavy atom. The minimum Gasteiger partial charge on any atom is -0.354 e. The fraction of sp³-hybridized carbons (Fsp3) is 0.0690. The van der Waals surface area contributed by atoms with Crippen LogP contribution in [0.4, 0.5) is 5.69 Å². The molecule has 0 radical (unpaired) electrons. The molecular weight excluding hydrogens is 392 g/mol. The number of carbonyl (C=O) groups is 1. The van der Waals surface area contributed by atoms with Crippen molar-refractivity contribution in [1.29, 1.82) is 0 Å². The van der Waals surface area contributed by atoms with E-state index in [2.05, 4.69) is 72.6 Å². The van der Waals surface area contributed by atoms with E-state index in [4.69, 9.17) is 0 Å². The summed E-state index contributed by atoms with van der Waals surface area (Å²) in [7, 11) is 0. The van der Waals surface area contributed by atoms with Crippen molar-refractivity contribution in [3.63, 3.8) is 0 Å². The molecule has 2 heterocycles. The van der Waals surface area contributed by atoms with Gasteiger partial charge in [-0.25, -0.2) is 0 Å². The van der Waals surface area contributed by atoms with Gasteiger partial charge in [0.15, 0.2) is 0 Å². The van der Waals surface area contributed by atoms with Gasteiger partial charge >= 0.3 is 0 Å². The van der Waals surface area contributed by atoms with E-state index in [0.717, 1.165) is 44.5 Å². The molecule has 1 amide bonds.